The summed E-state index contributed by atoms with van der Waals surface area (Å²) in [6.07, 6.45) is 0. The normalized spacial score (nSPS) is 10.7. The maximum atomic E-state index is 13.0. The number of hydrogen-bond acceptors (Lipinski definition) is 6. The Morgan fingerprint density at radius 3 is 2.86 bits per heavy atom. The number of halogens is 2. The minimum atomic E-state index is -0.473. The van der Waals surface area contributed by atoms with Crippen molar-refractivity contribution in [2.45, 2.75) is 25.7 Å². The van der Waals surface area contributed by atoms with Crippen molar-refractivity contribution in [3.8, 4) is 5.75 Å². The van der Waals surface area contributed by atoms with Crippen molar-refractivity contribution in [1.82, 2.24) is 10.2 Å². The largest absolute Gasteiger partial charge is 0.484 e. The predicted molar refractivity (Wildman–Crippen MR) is 105 cm³/mol. The zero-order valence-corrected chi connectivity index (χ0v) is 16.7. The lowest BCUT2D eigenvalue weighted by molar-refractivity contribution is -0.113. The van der Waals surface area contributed by atoms with E-state index in [1.54, 1.807) is 0 Å². The van der Waals surface area contributed by atoms with Crippen LogP contribution in [0.25, 0.3) is 0 Å². The van der Waals surface area contributed by atoms with Crippen molar-refractivity contribution in [3.63, 3.8) is 0 Å². The van der Waals surface area contributed by atoms with Crippen molar-refractivity contribution < 1.29 is 18.3 Å². The molecule has 0 saturated heterocycles. The molecule has 0 spiro atoms. The van der Waals surface area contributed by atoms with Gasteiger partial charge < -0.3 is 14.5 Å². The number of hydrogen-bond donors (Lipinski definition) is 1. The summed E-state index contributed by atoms with van der Waals surface area (Å²) in [6, 6.07) is 9.67. The molecule has 1 N–H and O–H groups in total. The van der Waals surface area contributed by atoms with Crippen LogP contribution in [0, 0.1) is 19.7 Å². The van der Waals surface area contributed by atoms with Gasteiger partial charge in [0.05, 0.1) is 16.5 Å². The molecule has 0 aliphatic heterocycles. The van der Waals surface area contributed by atoms with Crippen molar-refractivity contribution in [2.24, 2.45) is 0 Å². The van der Waals surface area contributed by atoms with Gasteiger partial charge in [0.15, 0.2) is 6.61 Å². The number of aryl methyl sites for hydroxylation is 2. The number of ether oxygens (including phenoxy) is 1. The minimum absolute atomic E-state index is 0.0349. The molecule has 9 heteroatoms. The van der Waals surface area contributed by atoms with E-state index >= 15 is 0 Å². The van der Waals surface area contributed by atoms with E-state index in [1.807, 2.05) is 32.0 Å². The average Bonchev–Trinajstić information content (AvgIpc) is 3.11. The molecule has 0 aliphatic carbocycles. The van der Waals surface area contributed by atoms with Gasteiger partial charge in [-0.3, -0.25) is 4.79 Å². The van der Waals surface area contributed by atoms with E-state index in [0.717, 1.165) is 34.7 Å². The van der Waals surface area contributed by atoms with Gasteiger partial charge in [0.2, 0.25) is 5.91 Å². The second-order valence-corrected chi connectivity index (χ2v) is 7.31. The fraction of sp³-hybridized carbons (Fsp3) is 0.211. The van der Waals surface area contributed by atoms with Crippen molar-refractivity contribution >= 4 is 35.0 Å². The monoisotopic (exact) mass is 421 g/mol. The molecule has 0 bridgehead atoms. The molecule has 0 saturated carbocycles. The molecule has 28 heavy (non-hydrogen) atoms. The predicted octanol–water partition coefficient (Wildman–Crippen LogP) is 4.79. The first kappa shape index (κ1) is 20.2. The number of rotatable bonds is 7. The Morgan fingerprint density at radius 2 is 2.07 bits per heavy atom. The molecular weight excluding hydrogens is 405 g/mol. The maximum Gasteiger partial charge on any atom is 0.277 e. The number of carbonyl (C=O) groups is 1. The van der Waals surface area contributed by atoms with Crippen LogP contribution in [0.2, 0.25) is 5.02 Å². The van der Waals surface area contributed by atoms with Gasteiger partial charge in [0, 0.05) is 0 Å². The van der Waals surface area contributed by atoms with Crippen LogP contribution >= 0.6 is 23.4 Å². The Bertz CT molecular complexity index is 996. The summed E-state index contributed by atoms with van der Waals surface area (Å²) in [5, 5.41) is 10.8. The molecule has 0 fully saturated rings. The van der Waals surface area contributed by atoms with Crippen molar-refractivity contribution in [3.05, 3.63) is 64.3 Å². The van der Waals surface area contributed by atoms with Crippen molar-refractivity contribution in [2.75, 3.05) is 11.1 Å². The Balaban J connectivity index is 1.50. The lowest BCUT2D eigenvalue weighted by atomic mass is 10.1. The number of nitrogens with one attached hydrogen (secondary N) is 1. The molecule has 0 aliphatic rings. The van der Waals surface area contributed by atoms with Gasteiger partial charge in [-0.05, 0) is 49.2 Å². The van der Waals surface area contributed by atoms with Crippen LogP contribution in [-0.4, -0.2) is 21.9 Å². The van der Waals surface area contributed by atoms with E-state index in [4.69, 9.17) is 20.8 Å². The van der Waals surface area contributed by atoms with Crippen LogP contribution in [0.4, 0.5) is 10.1 Å². The van der Waals surface area contributed by atoms with E-state index in [1.165, 1.54) is 12.1 Å². The molecule has 1 heterocycles. The molecule has 146 valence electrons. The number of carbonyl (C=O) groups excluding carboxylic acids is 1. The first-order valence-corrected chi connectivity index (χ1v) is 9.67. The van der Waals surface area contributed by atoms with Crippen LogP contribution in [-0.2, 0) is 11.4 Å². The number of thioether (sulfide) groups is 1. The van der Waals surface area contributed by atoms with Gasteiger partial charge in [0.25, 0.3) is 11.1 Å². The van der Waals surface area contributed by atoms with Crippen LogP contribution in [0.5, 0.6) is 5.75 Å². The highest BCUT2D eigenvalue weighted by Crippen LogP contribution is 2.24. The summed E-state index contributed by atoms with van der Waals surface area (Å²) in [5.74, 6) is 0.296. The van der Waals surface area contributed by atoms with E-state index in [9.17, 15) is 9.18 Å². The first-order chi connectivity index (χ1) is 13.4. The molecule has 1 amide bonds. The highest BCUT2D eigenvalue weighted by atomic mass is 35.5. The van der Waals surface area contributed by atoms with Gasteiger partial charge in [-0.15, -0.1) is 10.2 Å². The maximum absolute atomic E-state index is 13.0. The third-order valence-electron chi connectivity index (χ3n) is 3.68. The number of amides is 1. The average molecular weight is 422 g/mol. The quantitative estimate of drug-likeness (QED) is 0.553. The topological polar surface area (TPSA) is 77.2 Å². The molecule has 3 rings (SSSR count). The molecule has 2 aromatic carbocycles. The van der Waals surface area contributed by atoms with E-state index in [0.29, 0.717) is 11.6 Å². The van der Waals surface area contributed by atoms with Crippen molar-refractivity contribution in [1.29, 1.82) is 0 Å². The Morgan fingerprint density at radius 1 is 1.25 bits per heavy atom. The van der Waals surface area contributed by atoms with E-state index < -0.39 is 5.82 Å². The molecule has 0 atom stereocenters. The fourth-order valence-corrected chi connectivity index (χ4v) is 3.06. The molecule has 0 unspecified atom stereocenters. The van der Waals surface area contributed by atoms with Crippen LogP contribution in [0.3, 0.4) is 0 Å². The number of anilines is 1. The lowest BCUT2D eigenvalue weighted by Crippen LogP contribution is -2.14. The van der Waals surface area contributed by atoms with E-state index in [2.05, 4.69) is 15.5 Å². The fourth-order valence-electron chi connectivity index (χ4n) is 2.26. The summed E-state index contributed by atoms with van der Waals surface area (Å²) in [5.41, 5.74) is 2.44. The first-order valence-electron chi connectivity index (χ1n) is 8.31. The van der Waals surface area contributed by atoms with Gasteiger partial charge in [-0.2, -0.15) is 0 Å². The Hall–Kier alpha value is -2.58. The molecule has 1 aromatic heterocycles. The summed E-state index contributed by atoms with van der Waals surface area (Å²) >= 11 is 6.96. The SMILES string of the molecule is Cc1ccc(C)c(OCc2nnc(SCC(=O)Nc3ccc(F)cc3Cl)o2)c1. The standard InChI is InChI=1S/C19H17ClFN3O3S/c1-11-3-4-12(2)16(7-11)26-9-18-23-24-19(27-18)28-10-17(25)22-15-6-5-13(21)8-14(15)20/h3-8H,9-10H2,1-2H3,(H,22,25). The highest BCUT2D eigenvalue weighted by molar-refractivity contribution is 7.99. The molecule has 6 nitrogen and oxygen atoms in total. The third kappa shape index (κ3) is 5.46. The van der Waals surface area contributed by atoms with Crippen LogP contribution < -0.4 is 10.1 Å². The zero-order chi connectivity index (χ0) is 20.1. The molecule has 0 radical (unpaired) electrons. The Labute approximate surface area is 170 Å². The minimum Gasteiger partial charge on any atom is -0.484 e. The highest BCUT2D eigenvalue weighted by Gasteiger charge is 2.12. The lowest BCUT2D eigenvalue weighted by Gasteiger charge is -2.07. The number of nitrogens with zero attached hydrogens (tertiary/aromatic N) is 2. The van der Waals surface area contributed by atoms with Gasteiger partial charge in [0.1, 0.15) is 11.6 Å². The number of benzene rings is 2. The van der Waals surface area contributed by atoms with Crippen LogP contribution in [0.1, 0.15) is 17.0 Å². The summed E-state index contributed by atoms with van der Waals surface area (Å²) in [4.78, 5) is 12.0. The molecule has 3 aromatic rings. The summed E-state index contributed by atoms with van der Waals surface area (Å²) in [7, 11) is 0. The smallest absolute Gasteiger partial charge is 0.277 e. The summed E-state index contributed by atoms with van der Waals surface area (Å²) < 4.78 is 24.2. The third-order valence-corrected chi connectivity index (χ3v) is 4.81. The second kappa shape index (κ2) is 9.07. The Kier molecular flexibility index (Phi) is 6.53. The second-order valence-electron chi connectivity index (χ2n) is 5.98. The molecular formula is C19H17ClFN3O3S. The van der Waals surface area contributed by atoms with Gasteiger partial charge in [-0.25, -0.2) is 4.39 Å². The van der Waals surface area contributed by atoms with Gasteiger partial charge in [-0.1, -0.05) is 35.5 Å². The number of aromatic nitrogens is 2. The van der Waals surface area contributed by atoms with E-state index in [-0.39, 0.29) is 28.5 Å². The van der Waals surface area contributed by atoms with Crippen LogP contribution in [0.15, 0.2) is 46.0 Å². The zero-order valence-electron chi connectivity index (χ0n) is 15.2. The summed E-state index contributed by atoms with van der Waals surface area (Å²) in [6.45, 7) is 4.07. The van der Waals surface area contributed by atoms with Gasteiger partial charge >= 0.3 is 0 Å².